The summed E-state index contributed by atoms with van der Waals surface area (Å²) in [5.74, 6) is 2.47. The van der Waals surface area contributed by atoms with Crippen LogP contribution in [0.15, 0.2) is 18.2 Å². The molecule has 30 heavy (non-hydrogen) atoms. The molecule has 2 aromatic heterocycles. The predicted octanol–water partition coefficient (Wildman–Crippen LogP) is 4.62. The molecule has 4 heterocycles. The minimum Gasteiger partial charge on any atom is -0.486 e. The van der Waals surface area contributed by atoms with E-state index >= 15 is 0 Å². The van der Waals surface area contributed by atoms with E-state index in [9.17, 15) is 4.79 Å². The van der Waals surface area contributed by atoms with Gasteiger partial charge in [0.2, 0.25) is 0 Å². The second kappa shape index (κ2) is 7.54. The lowest BCUT2D eigenvalue weighted by Crippen LogP contribution is -2.30. The third kappa shape index (κ3) is 3.12. The zero-order chi connectivity index (χ0) is 20.8. The maximum Gasteiger partial charge on any atom is 0.264 e. The molecule has 0 saturated carbocycles. The van der Waals surface area contributed by atoms with Gasteiger partial charge >= 0.3 is 0 Å². The molecule has 7 heteroatoms. The van der Waals surface area contributed by atoms with Crippen LogP contribution in [0.2, 0.25) is 0 Å². The van der Waals surface area contributed by atoms with Crippen molar-refractivity contribution >= 4 is 27.5 Å². The first-order chi connectivity index (χ1) is 14.6. The molecule has 6 nitrogen and oxygen atoms in total. The zero-order valence-electron chi connectivity index (χ0n) is 17.5. The molecular formula is C23H25N3O3S. The van der Waals surface area contributed by atoms with Crippen molar-refractivity contribution in [2.45, 2.75) is 46.1 Å². The van der Waals surface area contributed by atoms with Gasteiger partial charge in [0.25, 0.3) is 5.91 Å². The topological polar surface area (TPSA) is 64.6 Å². The number of aromatic nitrogens is 2. The summed E-state index contributed by atoms with van der Waals surface area (Å²) >= 11 is 1.50. The monoisotopic (exact) mass is 423 g/mol. The zero-order valence-corrected chi connectivity index (χ0v) is 18.3. The lowest BCUT2D eigenvalue weighted by Gasteiger charge is -2.26. The predicted molar refractivity (Wildman–Crippen MR) is 117 cm³/mol. The number of likely N-dealkylation sites (tertiary alicyclic amines) is 1. The van der Waals surface area contributed by atoms with Crippen molar-refractivity contribution in [3.63, 3.8) is 0 Å². The van der Waals surface area contributed by atoms with Crippen molar-refractivity contribution in [3.8, 4) is 11.5 Å². The number of ether oxygens (including phenoxy) is 2. The Hall–Kier alpha value is -2.67. The summed E-state index contributed by atoms with van der Waals surface area (Å²) in [5, 5.41) is 1.02. The molecular weight excluding hydrogens is 398 g/mol. The van der Waals surface area contributed by atoms with Crippen LogP contribution in [0.3, 0.4) is 0 Å². The molecule has 3 aromatic rings. The first-order valence-corrected chi connectivity index (χ1v) is 11.4. The van der Waals surface area contributed by atoms with Gasteiger partial charge in [0.1, 0.15) is 23.9 Å². The highest BCUT2D eigenvalue weighted by Gasteiger charge is 2.33. The molecule has 1 saturated heterocycles. The number of amides is 1. The Labute approximate surface area is 179 Å². The van der Waals surface area contributed by atoms with Gasteiger partial charge in [-0.05, 0) is 49.9 Å². The molecule has 2 aliphatic rings. The number of aryl methyl sites for hydroxylation is 3. The lowest BCUT2D eigenvalue weighted by molar-refractivity contribution is 0.0739. The summed E-state index contributed by atoms with van der Waals surface area (Å²) in [7, 11) is 0. The lowest BCUT2D eigenvalue weighted by atomic mass is 10.0. The molecule has 0 bridgehead atoms. The van der Waals surface area contributed by atoms with Crippen molar-refractivity contribution in [2.24, 2.45) is 0 Å². The van der Waals surface area contributed by atoms with Crippen LogP contribution < -0.4 is 9.47 Å². The van der Waals surface area contributed by atoms with E-state index in [-0.39, 0.29) is 11.9 Å². The van der Waals surface area contributed by atoms with E-state index in [0.29, 0.717) is 13.2 Å². The van der Waals surface area contributed by atoms with E-state index in [1.54, 1.807) is 0 Å². The van der Waals surface area contributed by atoms with Gasteiger partial charge in [-0.3, -0.25) is 4.79 Å². The maximum absolute atomic E-state index is 13.6. The van der Waals surface area contributed by atoms with E-state index in [1.807, 2.05) is 30.9 Å². The molecule has 1 atom stereocenters. The maximum atomic E-state index is 13.6. The van der Waals surface area contributed by atoms with Crippen molar-refractivity contribution in [1.82, 2.24) is 14.9 Å². The van der Waals surface area contributed by atoms with E-state index in [4.69, 9.17) is 9.47 Å². The third-order valence-corrected chi connectivity index (χ3v) is 7.17. The number of thiophene rings is 1. The molecule has 1 fully saturated rings. The van der Waals surface area contributed by atoms with E-state index in [0.717, 1.165) is 75.0 Å². The minimum atomic E-state index is 0.0522. The minimum absolute atomic E-state index is 0.0522. The standard InChI is InChI=1S/C23H25N3O3S/c1-4-19-24-14(3)20-13(2)21(30-22(20)25-19)23(27)26-9-5-6-16(26)15-7-8-17-18(12-15)29-11-10-28-17/h7-8,12,16H,4-6,9-11H2,1-3H3. The first-order valence-electron chi connectivity index (χ1n) is 10.5. The van der Waals surface area contributed by atoms with Crippen LogP contribution in [0.5, 0.6) is 11.5 Å². The molecule has 1 amide bonds. The van der Waals surface area contributed by atoms with Gasteiger partial charge in [0, 0.05) is 24.0 Å². The second-order valence-electron chi connectivity index (χ2n) is 7.87. The van der Waals surface area contributed by atoms with Gasteiger partial charge < -0.3 is 14.4 Å². The van der Waals surface area contributed by atoms with Gasteiger partial charge in [-0.15, -0.1) is 11.3 Å². The fourth-order valence-corrected chi connectivity index (χ4v) is 5.72. The number of hydrogen-bond acceptors (Lipinski definition) is 6. The van der Waals surface area contributed by atoms with Crippen LogP contribution in [0.25, 0.3) is 10.2 Å². The van der Waals surface area contributed by atoms with Crippen molar-refractivity contribution in [1.29, 1.82) is 0 Å². The Morgan fingerprint density at radius 2 is 2.00 bits per heavy atom. The first kappa shape index (κ1) is 19.3. The second-order valence-corrected chi connectivity index (χ2v) is 8.87. The normalized spacial score (nSPS) is 18.2. The summed E-state index contributed by atoms with van der Waals surface area (Å²) in [6.45, 7) is 7.97. The van der Waals surface area contributed by atoms with Crippen LogP contribution in [-0.4, -0.2) is 40.5 Å². The van der Waals surface area contributed by atoms with Gasteiger partial charge in [-0.25, -0.2) is 9.97 Å². The highest BCUT2D eigenvalue weighted by atomic mass is 32.1. The molecule has 0 N–H and O–H groups in total. The highest BCUT2D eigenvalue weighted by molar-refractivity contribution is 7.20. The molecule has 0 aliphatic carbocycles. The molecule has 1 unspecified atom stereocenters. The van der Waals surface area contributed by atoms with Gasteiger partial charge in [-0.1, -0.05) is 13.0 Å². The van der Waals surface area contributed by atoms with Crippen molar-refractivity contribution in [3.05, 3.63) is 45.7 Å². The fourth-order valence-electron chi connectivity index (χ4n) is 4.51. The number of rotatable bonds is 3. The Kier molecular flexibility index (Phi) is 4.85. The van der Waals surface area contributed by atoms with E-state index in [1.165, 1.54) is 11.3 Å². The summed E-state index contributed by atoms with van der Waals surface area (Å²) in [5.41, 5.74) is 3.05. The quantitative estimate of drug-likeness (QED) is 0.615. The summed E-state index contributed by atoms with van der Waals surface area (Å²) in [6, 6.07) is 6.10. The molecule has 156 valence electrons. The number of carbonyl (C=O) groups is 1. The van der Waals surface area contributed by atoms with Gasteiger partial charge in [0.15, 0.2) is 11.5 Å². The van der Waals surface area contributed by atoms with Crippen molar-refractivity contribution < 1.29 is 14.3 Å². The molecule has 0 spiro atoms. The molecule has 1 aromatic carbocycles. The van der Waals surface area contributed by atoms with E-state index in [2.05, 4.69) is 23.0 Å². The molecule has 2 aliphatic heterocycles. The van der Waals surface area contributed by atoms with Crippen LogP contribution in [0.4, 0.5) is 0 Å². The molecule has 5 rings (SSSR count). The Bertz CT molecular complexity index is 1140. The van der Waals surface area contributed by atoms with Gasteiger partial charge in [0.05, 0.1) is 10.9 Å². The molecule has 0 radical (unpaired) electrons. The average molecular weight is 424 g/mol. The average Bonchev–Trinajstić information content (AvgIpc) is 3.38. The SMILES string of the molecule is CCc1nc(C)c2c(C)c(C(=O)N3CCCC3c3ccc4c(c3)OCCO4)sc2n1. The highest BCUT2D eigenvalue weighted by Crippen LogP contribution is 2.40. The summed E-state index contributed by atoms with van der Waals surface area (Å²) < 4.78 is 11.4. The number of benzene rings is 1. The number of hydrogen-bond donors (Lipinski definition) is 0. The number of fused-ring (bicyclic) bond motifs is 2. The van der Waals surface area contributed by atoms with Crippen LogP contribution >= 0.6 is 11.3 Å². The fraction of sp³-hybridized carbons (Fsp3) is 0.435. The number of nitrogens with zero attached hydrogens (tertiary/aromatic N) is 3. The smallest absolute Gasteiger partial charge is 0.264 e. The van der Waals surface area contributed by atoms with E-state index < -0.39 is 0 Å². The third-order valence-electron chi connectivity index (χ3n) is 5.99. The summed E-state index contributed by atoms with van der Waals surface area (Å²) in [4.78, 5) is 26.6. The largest absolute Gasteiger partial charge is 0.486 e. The Morgan fingerprint density at radius 3 is 2.80 bits per heavy atom. The number of carbonyl (C=O) groups excluding carboxylic acids is 1. The van der Waals surface area contributed by atoms with Gasteiger partial charge in [-0.2, -0.15) is 0 Å². The summed E-state index contributed by atoms with van der Waals surface area (Å²) in [6.07, 6.45) is 2.73. The van der Waals surface area contributed by atoms with Crippen LogP contribution in [0, 0.1) is 13.8 Å². The van der Waals surface area contributed by atoms with Crippen LogP contribution in [-0.2, 0) is 6.42 Å². The Morgan fingerprint density at radius 1 is 1.20 bits per heavy atom. The Balaban J connectivity index is 1.50. The van der Waals surface area contributed by atoms with Crippen LogP contribution in [0.1, 0.15) is 58.1 Å². The van der Waals surface area contributed by atoms with Crippen molar-refractivity contribution in [2.75, 3.05) is 19.8 Å².